The predicted octanol–water partition coefficient (Wildman–Crippen LogP) is 1.24. The second kappa shape index (κ2) is 2.65. The molecular weight excluding hydrogens is 172 g/mol. The van der Waals surface area contributed by atoms with Crippen LogP contribution < -0.4 is 0 Å². The summed E-state index contributed by atoms with van der Waals surface area (Å²) in [4.78, 5) is 10.7. The smallest absolute Gasteiger partial charge is 0.341 e. The van der Waals surface area contributed by atoms with Crippen LogP contribution in [0.1, 0.15) is 23.3 Å². The summed E-state index contributed by atoms with van der Waals surface area (Å²) in [5, 5.41) is 20.3. The number of nitrogens with zero attached hydrogens (tertiary/aromatic N) is 4. The van der Waals surface area contributed by atoms with E-state index in [4.69, 9.17) is 5.11 Å². The van der Waals surface area contributed by atoms with Crippen molar-refractivity contribution >= 4 is 11.8 Å². The molecule has 1 aromatic rings. The van der Waals surface area contributed by atoms with Gasteiger partial charge in [-0.05, 0) is 6.92 Å². The lowest BCUT2D eigenvalue weighted by atomic mass is 10.3. The summed E-state index contributed by atoms with van der Waals surface area (Å²) in [6.07, 6.45) is 1.30. The molecule has 0 fully saturated rings. The summed E-state index contributed by atoms with van der Waals surface area (Å²) in [6.45, 7) is 2.47. The Morgan fingerprint density at radius 2 is 2.54 bits per heavy atom. The minimum atomic E-state index is -1.02. The Kier molecular flexibility index (Phi) is 1.61. The number of carboxylic acid groups (broad SMARTS) is 1. The van der Waals surface area contributed by atoms with E-state index >= 15 is 0 Å². The minimum Gasteiger partial charge on any atom is -0.477 e. The first kappa shape index (κ1) is 7.90. The van der Waals surface area contributed by atoms with Crippen LogP contribution in [-0.2, 0) is 0 Å². The molecule has 0 aromatic carbocycles. The van der Waals surface area contributed by atoms with Gasteiger partial charge in [0, 0.05) is 0 Å². The summed E-state index contributed by atoms with van der Waals surface area (Å²) in [6, 6.07) is 0.0839. The van der Waals surface area contributed by atoms with Gasteiger partial charge in [0.1, 0.15) is 5.56 Å². The van der Waals surface area contributed by atoms with Crippen molar-refractivity contribution in [3.8, 4) is 0 Å². The van der Waals surface area contributed by atoms with Crippen LogP contribution >= 0.6 is 0 Å². The lowest BCUT2D eigenvalue weighted by Gasteiger charge is -2.14. The van der Waals surface area contributed by atoms with Crippen LogP contribution in [0.2, 0.25) is 0 Å². The summed E-state index contributed by atoms with van der Waals surface area (Å²) in [5.41, 5.74) is 0.107. The fourth-order valence-electron chi connectivity index (χ4n) is 1.23. The molecule has 68 valence electrons. The van der Waals surface area contributed by atoms with Crippen molar-refractivity contribution in [1.29, 1.82) is 0 Å². The Labute approximate surface area is 73.9 Å². The summed E-state index contributed by atoms with van der Waals surface area (Å²) < 4.78 is 1.58. The molecule has 0 spiro atoms. The normalized spacial score (nSPS) is 19.9. The topological polar surface area (TPSA) is 79.8 Å². The van der Waals surface area contributed by atoms with E-state index in [0.29, 0.717) is 12.4 Å². The van der Waals surface area contributed by atoms with Gasteiger partial charge in [0.25, 0.3) is 0 Å². The molecule has 0 aliphatic carbocycles. The number of aromatic carboxylic acids is 1. The Bertz CT molecular complexity index is 382. The maximum atomic E-state index is 10.7. The van der Waals surface area contributed by atoms with Crippen molar-refractivity contribution in [3.63, 3.8) is 0 Å². The fourth-order valence-corrected chi connectivity index (χ4v) is 1.23. The summed E-state index contributed by atoms with van der Waals surface area (Å²) in [5.74, 6) is -0.680. The van der Waals surface area contributed by atoms with E-state index in [1.807, 2.05) is 6.92 Å². The molecule has 6 heteroatoms. The molecule has 0 saturated carbocycles. The number of carbonyl (C=O) groups is 1. The SMILES string of the molecule is CC1CN=Nc2c(C(=O)O)cnn21. The van der Waals surface area contributed by atoms with E-state index in [0.717, 1.165) is 0 Å². The highest BCUT2D eigenvalue weighted by Crippen LogP contribution is 2.26. The van der Waals surface area contributed by atoms with Crippen molar-refractivity contribution in [2.75, 3.05) is 6.54 Å². The van der Waals surface area contributed by atoms with Gasteiger partial charge in [0.05, 0.1) is 18.8 Å². The van der Waals surface area contributed by atoms with Crippen molar-refractivity contribution in [1.82, 2.24) is 9.78 Å². The standard InChI is InChI=1S/C7H8N4O2/c1-4-2-8-10-6-5(7(12)13)3-9-11(4)6/h3-4H,2H2,1H3,(H,12,13). The zero-order valence-corrected chi connectivity index (χ0v) is 7.01. The third-order valence-electron chi connectivity index (χ3n) is 1.93. The molecule has 1 aliphatic rings. The number of carboxylic acids is 1. The molecule has 1 aliphatic heterocycles. The second-order valence-corrected chi connectivity index (χ2v) is 2.90. The van der Waals surface area contributed by atoms with Crippen LogP contribution in [0.15, 0.2) is 16.4 Å². The van der Waals surface area contributed by atoms with Crippen molar-refractivity contribution in [2.24, 2.45) is 10.2 Å². The van der Waals surface area contributed by atoms with E-state index in [9.17, 15) is 4.79 Å². The highest BCUT2D eigenvalue weighted by Gasteiger charge is 2.22. The first-order valence-electron chi connectivity index (χ1n) is 3.88. The molecular formula is C7H8N4O2. The van der Waals surface area contributed by atoms with Crippen molar-refractivity contribution in [3.05, 3.63) is 11.8 Å². The molecule has 0 amide bonds. The maximum absolute atomic E-state index is 10.7. The Balaban J connectivity index is 2.55. The molecule has 1 atom stereocenters. The highest BCUT2D eigenvalue weighted by molar-refractivity contribution is 5.92. The number of hydrogen-bond donors (Lipinski definition) is 1. The van der Waals surface area contributed by atoms with Crippen LogP contribution in [0.3, 0.4) is 0 Å². The van der Waals surface area contributed by atoms with Crippen LogP contribution in [0.4, 0.5) is 5.82 Å². The number of azo groups is 1. The number of rotatable bonds is 1. The van der Waals surface area contributed by atoms with Crippen LogP contribution in [0, 0.1) is 0 Å². The van der Waals surface area contributed by atoms with Gasteiger partial charge in [0.15, 0.2) is 5.82 Å². The van der Waals surface area contributed by atoms with Crippen LogP contribution in [0.25, 0.3) is 0 Å². The van der Waals surface area contributed by atoms with Gasteiger partial charge in [0.2, 0.25) is 0 Å². The first-order valence-corrected chi connectivity index (χ1v) is 3.88. The molecule has 1 unspecified atom stereocenters. The van der Waals surface area contributed by atoms with E-state index in [2.05, 4.69) is 15.3 Å². The van der Waals surface area contributed by atoms with E-state index in [1.165, 1.54) is 6.20 Å². The lowest BCUT2D eigenvalue weighted by molar-refractivity contribution is 0.0697. The number of aromatic nitrogens is 2. The Hall–Kier alpha value is -1.72. The zero-order valence-electron chi connectivity index (χ0n) is 7.01. The van der Waals surface area contributed by atoms with Gasteiger partial charge in [-0.25, -0.2) is 9.48 Å². The molecule has 2 rings (SSSR count). The van der Waals surface area contributed by atoms with Gasteiger partial charge in [-0.1, -0.05) is 0 Å². The fraction of sp³-hybridized carbons (Fsp3) is 0.429. The van der Waals surface area contributed by atoms with E-state index < -0.39 is 5.97 Å². The predicted molar refractivity (Wildman–Crippen MR) is 43.3 cm³/mol. The largest absolute Gasteiger partial charge is 0.477 e. The molecule has 13 heavy (non-hydrogen) atoms. The maximum Gasteiger partial charge on any atom is 0.341 e. The molecule has 1 aromatic heterocycles. The van der Waals surface area contributed by atoms with Crippen LogP contribution in [-0.4, -0.2) is 27.4 Å². The zero-order chi connectivity index (χ0) is 9.42. The van der Waals surface area contributed by atoms with Gasteiger partial charge < -0.3 is 5.11 Å². The quantitative estimate of drug-likeness (QED) is 0.705. The second-order valence-electron chi connectivity index (χ2n) is 2.90. The molecule has 0 bridgehead atoms. The summed E-state index contributed by atoms with van der Waals surface area (Å²) in [7, 11) is 0. The van der Waals surface area contributed by atoms with Crippen LogP contribution in [0.5, 0.6) is 0 Å². The van der Waals surface area contributed by atoms with Gasteiger partial charge >= 0.3 is 5.97 Å². The molecule has 6 nitrogen and oxygen atoms in total. The van der Waals surface area contributed by atoms with Gasteiger partial charge in [-0.3, -0.25) is 0 Å². The third kappa shape index (κ3) is 1.10. The van der Waals surface area contributed by atoms with Gasteiger partial charge in [-0.2, -0.15) is 10.2 Å². The van der Waals surface area contributed by atoms with Crippen molar-refractivity contribution in [2.45, 2.75) is 13.0 Å². The minimum absolute atomic E-state index is 0.0839. The van der Waals surface area contributed by atoms with Gasteiger partial charge in [-0.15, -0.1) is 5.11 Å². The Morgan fingerprint density at radius 1 is 1.77 bits per heavy atom. The van der Waals surface area contributed by atoms with Crippen molar-refractivity contribution < 1.29 is 9.90 Å². The number of hydrogen-bond acceptors (Lipinski definition) is 4. The average Bonchev–Trinajstić information content (AvgIpc) is 2.48. The van der Waals surface area contributed by atoms with E-state index in [-0.39, 0.29) is 11.6 Å². The average molecular weight is 180 g/mol. The summed E-state index contributed by atoms with van der Waals surface area (Å²) >= 11 is 0. The molecule has 2 heterocycles. The molecule has 1 N–H and O–H groups in total. The Morgan fingerprint density at radius 3 is 3.23 bits per heavy atom. The monoisotopic (exact) mass is 180 g/mol. The highest BCUT2D eigenvalue weighted by atomic mass is 16.4. The molecule has 0 radical (unpaired) electrons. The number of fused-ring (bicyclic) bond motifs is 1. The van der Waals surface area contributed by atoms with E-state index in [1.54, 1.807) is 4.68 Å². The lowest BCUT2D eigenvalue weighted by Crippen LogP contribution is -2.12. The third-order valence-corrected chi connectivity index (χ3v) is 1.93. The molecule has 0 saturated heterocycles. The first-order chi connectivity index (χ1) is 6.20.